The molecule has 0 saturated heterocycles. The van der Waals surface area contributed by atoms with E-state index >= 15 is 0 Å². The maximum atomic E-state index is 14.2. The zero-order valence-corrected chi connectivity index (χ0v) is 17.9. The molecule has 0 fully saturated rings. The van der Waals surface area contributed by atoms with Crippen molar-refractivity contribution in [3.63, 3.8) is 0 Å². The predicted octanol–water partition coefficient (Wildman–Crippen LogP) is 3.18. The zero-order valence-electron chi connectivity index (χ0n) is 17.1. The van der Waals surface area contributed by atoms with Gasteiger partial charge in [0, 0.05) is 0 Å². The van der Waals surface area contributed by atoms with E-state index in [0.717, 1.165) is 33.5 Å². The third kappa shape index (κ3) is 5.93. The average Bonchev–Trinajstić information content (AvgIpc) is 2.65. The van der Waals surface area contributed by atoms with Crippen molar-refractivity contribution >= 4 is 21.6 Å². The lowest BCUT2D eigenvalue weighted by molar-refractivity contribution is -0.122. The fourth-order valence-electron chi connectivity index (χ4n) is 2.98. The van der Waals surface area contributed by atoms with Crippen molar-refractivity contribution in [2.45, 2.75) is 33.2 Å². The fourth-order valence-corrected chi connectivity index (χ4v) is 4.19. The number of hydrogen-bond donors (Lipinski definition) is 1. The number of benzene rings is 2. The minimum Gasteiger partial charge on any atom is -0.491 e. The van der Waals surface area contributed by atoms with Gasteiger partial charge in [-0.2, -0.15) is 0 Å². The van der Waals surface area contributed by atoms with Crippen molar-refractivity contribution in [2.24, 2.45) is 0 Å². The minimum atomic E-state index is -3.88. The third-order valence-corrected chi connectivity index (χ3v) is 5.59. The molecule has 8 heteroatoms. The summed E-state index contributed by atoms with van der Waals surface area (Å²) in [6, 6.07) is 10.3. The highest BCUT2D eigenvalue weighted by atomic mass is 32.2. The molecule has 2 aromatic rings. The number of para-hydroxylation sites is 1. The van der Waals surface area contributed by atoms with Gasteiger partial charge < -0.3 is 10.1 Å². The van der Waals surface area contributed by atoms with Crippen molar-refractivity contribution in [3.8, 4) is 5.75 Å². The molecule has 0 saturated carbocycles. The number of carbonyl (C=O) groups excluding carboxylic acids is 1. The summed E-state index contributed by atoms with van der Waals surface area (Å²) in [6.45, 7) is 5.99. The Balaban J connectivity index is 2.08. The Bertz CT molecular complexity index is 963. The van der Waals surface area contributed by atoms with E-state index in [1.54, 1.807) is 6.92 Å². The average molecular weight is 423 g/mol. The van der Waals surface area contributed by atoms with Gasteiger partial charge in [0.05, 0.1) is 18.5 Å². The second kappa shape index (κ2) is 9.73. The second-order valence-corrected chi connectivity index (χ2v) is 8.70. The van der Waals surface area contributed by atoms with E-state index in [-0.39, 0.29) is 25.3 Å². The van der Waals surface area contributed by atoms with E-state index in [2.05, 4.69) is 5.32 Å². The van der Waals surface area contributed by atoms with Crippen LogP contribution in [0.3, 0.4) is 0 Å². The van der Waals surface area contributed by atoms with Crippen LogP contribution >= 0.6 is 0 Å². The third-order valence-electron chi connectivity index (χ3n) is 4.42. The van der Waals surface area contributed by atoms with Crippen LogP contribution in [0.2, 0.25) is 0 Å². The molecular weight excluding hydrogens is 395 g/mol. The van der Waals surface area contributed by atoms with Crippen LogP contribution in [-0.2, 0) is 14.8 Å². The predicted molar refractivity (Wildman–Crippen MR) is 112 cm³/mol. The molecule has 0 radical (unpaired) electrons. The molecule has 29 heavy (non-hydrogen) atoms. The van der Waals surface area contributed by atoms with Crippen LogP contribution < -0.4 is 14.4 Å². The number of sulfonamides is 1. The molecular formula is C21H27FN2O4S. The molecule has 2 rings (SSSR count). The van der Waals surface area contributed by atoms with E-state index < -0.39 is 27.8 Å². The molecule has 158 valence electrons. The molecule has 0 heterocycles. The summed E-state index contributed by atoms with van der Waals surface area (Å²) in [4.78, 5) is 12.7. The normalized spacial score (nSPS) is 12.3. The number of halogens is 1. The first-order valence-electron chi connectivity index (χ1n) is 9.36. The summed E-state index contributed by atoms with van der Waals surface area (Å²) >= 11 is 0. The first kappa shape index (κ1) is 22.7. The van der Waals surface area contributed by atoms with Gasteiger partial charge in [-0.25, -0.2) is 12.8 Å². The van der Waals surface area contributed by atoms with E-state index in [4.69, 9.17) is 4.74 Å². The number of aryl methyl sites for hydroxylation is 2. The Kier molecular flexibility index (Phi) is 7.61. The van der Waals surface area contributed by atoms with Crippen molar-refractivity contribution < 1.29 is 22.3 Å². The highest BCUT2D eigenvalue weighted by Crippen LogP contribution is 2.25. The van der Waals surface area contributed by atoms with Gasteiger partial charge in [-0.1, -0.05) is 31.2 Å². The quantitative estimate of drug-likeness (QED) is 0.630. The summed E-state index contributed by atoms with van der Waals surface area (Å²) in [5.41, 5.74) is 1.90. The van der Waals surface area contributed by atoms with Gasteiger partial charge in [0.2, 0.25) is 15.9 Å². The van der Waals surface area contributed by atoms with Crippen molar-refractivity contribution in [3.05, 3.63) is 59.4 Å². The smallest absolute Gasteiger partial charge is 0.244 e. The maximum absolute atomic E-state index is 14.2. The van der Waals surface area contributed by atoms with E-state index in [1.165, 1.54) is 18.2 Å². The number of carbonyl (C=O) groups is 1. The first-order valence-corrected chi connectivity index (χ1v) is 11.2. The molecule has 0 aliphatic heterocycles. The molecule has 2 aromatic carbocycles. The topological polar surface area (TPSA) is 75.7 Å². The van der Waals surface area contributed by atoms with Crippen molar-refractivity contribution in [1.82, 2.24) is 5.32 Å². The molecule has 1 amide bonds. The van der Waals surface area contributed by atoms with Gasteiger partial charge in [0.15, 0.2) is 0 Å². The van der Waals surface area contributed by atoms with Gasteiger partial charge in [-0.3, -0.25) is 9.10 Å². The van der Waals surface area contributed by atoms with Crippen molar-refractivity contribution in [1.29, 1.82) is 0 Å². The van der Waals surface area contributed by atoms with E-state index in [9.17, 15) is 17.6 Å². The van der Waals surface area contributed by atoms with Crippen LogP contribution in [0.1, 0.15) is 24.5 Å². The number of nitrogens with one attached hydrogen (secondary N) is 1. The Morgan fingerprint density at radius 3 is 2.52 bits per heavy atom. The lowest BCUT2D eigenvalue weighted by Gasteiger charge is -2.30. The number of nitrogens with zero attached hydrogens (tertiary/aromatic N) is 1. The maximum Gasteiger partial charge on any atom is 0.244 e. The van der Waals surface area contributed by atoms with Crippen LogP contribution in [0.25, 0.3) is 0 Å². The lowest BCUT2D eigenvalue weighted by Crippen LogP contribution is -2.50. The summed E-state index contributed by atoms with van der Waals surface area (Å²) in [5.74, 6) is -0.483. The number of hydrogen-bond acceptors (Lipinski definition) is 4. The zero-order chi connectivity index (χ0) is 21.6. The van der Waals surface area contributed by atoms with Gasteiger partial charge in [0.1, 0.15) is 24.2 Å². The van der Waals surface area contributed by atoms with Gasteiger partial charge >= 0.3 is 0 Å². The first-order chi connectivity index (χ1) is 13.6. The summed E-state index contributed by atoms with van der Waals surface area (Å²) in [5, 5.41) is 2.69. The largest absolute Gasteiger partial charge is 0.491 e. The molecule has 0 bridgehead atoms. The molecule has 1 atom stereocenters. The summed E-state index contributed by atoms with van der Waals surface area (Å²) < 4.78 is 45.4. The van der Waals surface area contributed by atoms with Crippen LogP contribution in [0.5, 0.6) is 5.75 Å². The van der Waals surface area contributed by atoms with E-state index in [1.807, 2.05) is 32.0 Å². The Hall–Kier alpha value is -2.61. The fraction of sp³-hybridized carbons (Fsp3) is 0.381. The molecule has 6 nitrogen and oxygen atoms in total. The van der Waals surface area contributed by atoms with Gasteiger partial charge in [-0.15, -0.1) is 0 Å². The minimum absolute atomic E-state index is 0.149. The molecule has 1 N–H and O–H groups in total. The molecule has 0 aromatic heterocycles. The number of ether oxygens (including phenoxy) is 1. The molecule has 0 aliphatic carbocycles. The second-order valence-electron chi connectivity index (χ2n) is 6.84. The van der Waals surface area contributed by atoms with Crippen LogP contribution in [0.4, 0.5) is 10.1 Å². The number of amides is 1. The van der Waals surface area contributed by atoms with E-state index in [0.29, 0.717) is 0 Å². The Morgan fingerprint density at radius 2 is 1.90 bits per heavy atom. The lowest BCUT2D eigenvalue weighted by atomic mass is 10.1. The summed E-state index contributed by atoms with van der Waals surface area (Å²) in [7, 11) is -3.88. The van der Waals surface area contributed by atoms with Crippen LogP contribution in [-0.4, -0.2) is 39.8 Å². The summed E-state index contributed by atoms with van der Waals surface area (Å²) in [6.07, 6.45) is 1.14. The highest BCUT2D eigenvalue weighted by molar-refractivity contribution is 7.92. The molecule has 0 spiro atoms. The molecule has 1 unspecified atom stereocenters. The Labute approximate surface area is 171 Å². The van der Waals surface area contributed by atoms with Crippen LogP contribution in [0.15, 0.2) is 42.5 Å². The van der Waals surface area contributed by atoms with Crippen LogP contribution in [0, 0.1) is 19.7 Å². The van der Waals surface area contributed by atoms with Gasteiger partial charge in [-0.05, 0) is 49.6 Å². The number of rotatable bonds is 9. The van der Waals surface area contributed by atoms with Crippen molar-refractivity contribution in [2.75, 3.05) is 23.7 Å². The Morgan fingerprint density at radius 1 is 1.21 bits per heavy atom. The standard InChI is InChI=1S/C21H27FN2O4S/c1-5-18(24(29(4,26)27)19-9-7-6-8-17(19)22)21(25)23-12-13-28-20-14-15(2)10-11-16(20)3/h6-11,14,18H,5,12-13H2,1-4H3,(H,23,25). The van der Waals surface area contributed by atoms with Gasteiger partial charge in [0.25, 0.3) is 0 Å². The number of anilines is 1. The molecule has 0 aliphatic rings. The monoisotopic (exact) mass is 422 g/mol. The highest BCUT2D eigenvalue weighted by Gasteiger charge is 2.32. The SMILES string of the molecule is CCC(C(=O)NCCOc1cc(C)ccc1C)N(c1ccccc1F)S(C)(=O)=O.